The van der Waals surface area contributed by atoms with Crippen molar-refractivity contribution < 1.29 is 28.5 Å². The fourth-order valence-electron chi connectivity index (χ4n) is 6.72. The van der Waals surface area contributed by atoms with Gasteiger partial charge in [-0.15, -0.1) is 0 Å². The van der Waals surface area contributed by atoms with Crippen molar-refractivity contribution in [1.82, 2.24) is 10.6 Å². The number of fused-ring (bicyclic) bond motifs is 2. The lowest BCUT2D eigenvalue weighted by Gasteiger charge is -2.33. The molecule has 0 aromatic heterocycles. The number of nitriles is 1. The largest absolute Gasteiger partial charge is 0.489 e. The van der Waals surface area contributed by atoms with Crippen LogP contribution in [0.25, 0.3) is 11.1 Å². The van der Waals surface area contributed by atoms with Crippen molar-refractivity contribution in [1.29, 1.82) is 5.26 Å². The average molecular weight is 763 g/mol. The first-order valence-electron chi connectivity index (χ1n) is 17.5. The van der Waals surface area contributed by atoms with E-state index >= 15 is 0 Å². The van der Waals surface area contributed by atoms with Gasteiger partial charge in [-0.25, -0.2) is 4.79 Å². The number of halogens is 2. The van der Waals surface area contributed by atoms with E-state index < -0.39 is 17.6 Å². The molecule has 5 aromatic rings. The molecule has 0 radical (unpaired) electrons. The van der Waals surface area contributed by atoms with Crippen molar-refractivity contribution in [3.63, 3.8) is 0 Å². The second kappa shape index (κ2) is 15.8. The highest BCUT2D eigenvalue weighted by Gasteiger charge is 2.39. The Kier molecular flexibility index (Phi) is 10.8. The van der Waals surface area contributed by atoms with Crippen LogP contribution in [-0.4, -0.2) is 37.2 Å². The molecule has 2 aliphatic heterocycles. The molecule has 1 unspecified atom stereocenters. The number of hydrogen-bond acceptors (Lipinski definition) is 8. The highest BCUT2D eigenvalue weighted by atomic mass is 35.5. The van der Waals surface area contributed by atoms with Gasteiger partial charge in [-0.1, -0.05) is 77.8 Å². The predicted octanol–water partition coefficient (Wildman–Crippen LogP) is 7.93. The van der Waals surface area contributed by atoms with Gasteiger partial charge in [0.15, 0.2) is 17.6 Å². The summed E-state index contributed by atoms with van der Waals surface area (Å²) in [7, 11) is 1.32. The van der Waals surface area contributed by atoms with Crippen LogP contribution in [0.3, 0.4) is 0 Å². The lowest BCUT2D eigenvalue weighted by molar-refractivity contribution is -0.150. The summed E-state index contributed by atoms with van der Waals surface area (Å²) in [5.41, 5.74) is 5.93. The zero-order chi connectivity index (χ0) is 37.8. The van der Waals surface area contributed by atoms with E-state index in [1.165, 1.54) is 7.11 Å². The Morgan fingerprint density at radius 1 is 0.889 bits per heavy atom. The molecule has 2 aliphatic rings. The quantitative estimate of drug-likeness (QED) is 0.138. The molecule has 0 saturated heterocycles. The van der Waals surface area contributed by atoms with Gasteiger partial charge in [-0.05, 0) is 101 Å². The molecule has 0 spiro atoms. The fourth-order valence-corrected chi connectivity index (χ4v) is 7.04. The van der Waals surface area contributed by atoms with Crippen molar-refractivity contribution in [2.75, 3.05) is 13.7 Å². The Hall–Kier alpha value is -5.53. The van der Waals surface area contributed by atoms with Gasteiger partial charge in [0.05, 0.1) is 34.8 Å². The number of ether oxygens (including phenoxy) is 4. The first-order valence-corrected chi connectivity index (χ1v) is 18.2. The van der Waals surface area contributed by atoms with E-state index in [0.29, 0.717) is 59.0 Å². The van der Waals surface area contributed by atoms with Gasteiger partial charge >= 0.3 is 5.97 Å². The van der Waals surface area contributed by atoms with Crippen molar-refractivity contribution in [3.8, 4) is 34.4 Å². The second-order valence-electron chi connectivity index (χ2n) is 13.6. The zero-order valence-corrected chi connectivity index (χ0v) is 31.2. The Bertz CT molecular complexity index is 2220. The smallest absolute Gasteiger partial charge is 0.331 e. The summed E-state index contributed by atoms with van der Waals surface area (Å²) in [6.07, 6.45) is 0.330. The fraction of sp³-hybridized carbons (Fsp3) is 0.233. The van der Waals surface area contributed by atoms with E-state index in [0.717, 1.165) is 38.9 Å². The SMILES string of the molecule is COC(=O)[C@](C)(Cc1ccc(-c2ccc(C#N)cc2)cc1)NC(=O)[C@@H]1Cc2cc3c(cc2CN1)OC(c1ccc(OCc2ccc(Cl)c(Cl)c2)cc1)CO3. The van der Waals surface area contributed by atoms with Crippen LogP contribution in [0.1, 0.15) is 46.4 Å². The third-order valence-corrected chi connectivity index (χ3v) is 10.5. The highest BCUT2D eigenvalue weighted by molar-refractivity contribution is 6.42. The van der Waals surface area contributed by atoms with E-state index in [4.69, 9.17) is 47.4 Å². The molecule has 1 amide bonds. The summed E-state index contributed by atoms with van der Waals surface area (Å²) in [5, 5.41) is 16.4. The topological polar surface area (TPSA) is 119 Å². The molecular weight excluding hydrogens is 725 g/mol. The van der Waals surface area contributed by atoms with E-state index in [9.17, 15) is 9.59 Å². The molecule has 2 heterocycles. The number of esters is 1. The van der Waals surface area contributed by atoms with Gasteiger partial charge in [0.2, 0.25) is 5.91 Å². The molecule has 2 N–H and O–H groups in total. The van der Waals surface area contributed by atoms with Crippen LogP contribution in [0.4, 0.5) is 0 Å². The first kappa shape index (κ1) is 36.8. The van der Waals surface area contributed by atoms with Gasteiger partial charge in [0.1, 0.15) is 24.5 Å². The molecule has 7 rings (SSSR count). The van der Waals surface area contributed by atoms with E-state index in [1.54, 1.807) is 31.2 Å². The van der Waals surface area contributed by atoms with Gasteiger partial charge < -0.3 is 29.6 Å². The Labute approximate surface area is 323 Å². The number of rotatable bonds is 10. The molecular formula is C43H37Cl2N3O6. The molecule has 0 saturated carbocycles. The monoisotopic (exact) mass is 761 g/mol. The Balaban J connectivity index is 0.968. The number of carbonyl (C=O) groups excluding carboxylic acids is 2. The standard InChI is InChI=1S/C43H37Cl2N3O6/c1-43(42(50)51-2,21-26-3-8-29(9-4-26)30-10-5-27(22-46)6-11-30)48-41(49)37-18-32-19-38-39(20-33(32)23-47-37)54-40(25-53-38)31-12-14-34(15-13-31)52-24-28-7-16-35(44)36(45)17-28/h3-17,19-20,37,40,47H,18,21,23-25H2,1-2H3,(H,48,49)/t37-,40?,43-/m0/s1. The van der Waals surface area contributed by atoms with Crippen molar-refractivity contribution in [2.24, 2.45) is 0 Å². The maximum atomic E-state index is 13.7. The summed E-state index contributed by atoms with van der Waals surface area (Å²) in [4.78, 5) is 26.8. The minimum Gasteiger partial charge on any atom is -0.489 e. The molecule has 5 aromatic carbocycles. The Morgan fingerprint density at radius 2 is 1.57 bits per heavy atom. The van der Waals surface area contributed by atoms with Crippen LogP contribution in [0, 0.1) is 11.3 Å². The number of nitrogens with zero attached hydrogens (tertiary/aromatic N) is 1. The minimum atomic E-state index is -1.30. The summed E-state index contributed by atoms with van der Waals surface area (Å²) in [6, 6.07) is 33.7. The summed E-state index contributed by atoms with van der Waals surface area (Å²) in [5.74, 6) is 1.13. The third-order valence-electron chi connectivity index (χ3n) is 9.74. The van der Waals surface area contributed by atoms with Crippen LogP contribution in [-0.2, 0) is 40.3 Å². The van der Waals surface area contributed by atoms with Crippen LogP contribution >= 0.6 is 23.2 Å². The van der Waals surface area contributed by atoms with Crippen molar-refractivity contribution in [3.05, 3.63) is 147 Å². The number of carbonyl (C=O) groups is 2. The number of amides is 1. The molecule has 0 fully saturated rings. The van der Waals surface area contributed by atoms with E-state index in [2.05, 4.69) is 16.7 Å². The van der Waals surface area contributed by atoms with E-state index in [-0.39, 0.29) is 18.4 Å². The lowest BCUT2D eigenvalue weighted by Crippen LogP contribution is -2.59. The van der Waals surface area contributed by atoms with Crippen LogP contribution < -0.4 is 24.8 Å². The lowest BCUT2D eigenvalue weighted by atomic mass is 9.90. The normalized spacial score (nSPS) is 16.9. The summed E-state index contributed by atoms with van der Waals surface area (Å²) in [6.45, 7) is 2.79. The number of methoxy groups -OCH3 is 1. The van der Waals surface area contributed by atoms with Crippen LogP contribution in [0.5, 0.6) is 17.2 Å². The Morgan fingerprint density at radius 3 is 2.26 bits per heavy atom. The first-order chi connectivity index (χ1) is 26.1. The third kappa shape index (κ3) is 8.17. The molecule has 9 nitrogen and oxygen atoms in total. The van der Waals surface area contributed by atoms with Gasteiger partial charge in [-0.2, -0.15) is 5.26 Å². The zero-order valence-electron chi connectivity index (χ0n) is 29.7. The molecule has 0 bridgehead atoms. The highest BCUT2D eigenvalue weighted by Crippen LogP contribution is 2.40. The summed E-state index contributed by atoms with van der Waals surface area (Å²) >= 11 is 12.1. The molecule has 0 aliphatic carbocycles. The number of benzene rings is 5. The molecule has 54 heavy (non-hydrogen) atoms. The minimum absolute atomic E-state index is 0.233. The molecule has 3 atom stereocenters. The van der Waals surface area contributed by atoms with Gasteiger partial charge in [0.25, 0.3) is 0 Å². The number of nitrogens with one attached hydrogen (secondary N) is 2. The van der Waals surface area contributed by atoms with Crippen molar-refractivity contribution in [2.45, 2.75) is 50.6 Å². The van der Waals surface area contributed by atoms with Gasteiger partial charge in [0, 0.05) is 13.0 Å². The molecule has 11 heteroatoms. The predicted molar refractivity (Wildman–Crippen MR) is 206 cm³/mol. The van der Waals surface area contributed by atoms with Crippen molar-refractivity contribution >= 4 is 35.1 Å². The molecule has 274 valence electrons. The average Bonchev–Trinajstić information content (AvgIpc) is 3.20. The van der Waals surface area contributed by atoms with Gasteiger partial charge in [-0.3, -0.25) is 4.79 Å². The second-order valence-corrected chi connectivity index (χ2v) is 14.4. The van der Waals surface area contributed by atoms with Crippen LogP contribution in [0.15, 0.2) is 103 Å². The maximum absolute atomic E-state index is 13.7. The van der Waals surface area contributed by atoms with Crippen LogP contribution in [0.2, 0.25) is 10.0 Å². The summed E-state index contributed by atoms with van der Waals surface area (Å²) < 4.78 is 23.6. The maximum Gasteiger partial charge on any atom is 0.331 e. The number of hydrogen-bond donors (Lipinski definition) is 2. The van der Waals surface area contributed by atoms with E-state index in [1.807, 2.05) is 78.9 Å².